The number of rotatable bonds is 8. The van der Waals surface area contributed by atoms with Crippen LogP contribution in [0.3, 0.4) is 0 Å². The van der Waals surface area contributed by atoms with E-state index < -0.39 is 0 Å². The maximum Gasteiger partial charge on any atom is 0.0640 e. The van der Waals surface area contributed by atoms with Crippen molar-refractivity contribution in [1.29, 1.82) is 0 Å². The smallest absolute Gasteiger partial charge is 0.0640 e. The molecule has 18 heavy (non-hydrogen) atoms. The topological polar surface area (TPSA) is 29.9 Å². The molecular weight excluding hydrogens is 222 g/mol. The van der Waals surface area contributed by atoms with Gasteiger partial charge in [-0.15, -0.1) is 0 Å². The van der Waals surface area contributed by atoms with Crippen LogP contribution in [0.1, 0.15) is 58.7 Å². The first kappa shape index (κ1) is 15.2. The van der Waals surface area contributed by atoms with Gasteiger partial charge in [-0.1, -0.05) is 27.2 Å². The molecule has 104 valence electrons. The molecule has 1 aromatic heterocycles. The SMILES string of the molecule is CCC(C)CC(Cc1ccn(C(C)CC)n1)NC. The van der Waals surface area contributed by atoms with Crippen molar-refractivity contribution in [3.63, 3.8) is 0 Å². The Labute approximate surface area is 112 Å². The average Bonchev–Trinajstić information content (AvgIpc) is 2.85. The van der Waals surface area contributed by atoms with Crippen LogP contribution in [0.4, 0.5) is 0 Å². The first-order valence-corrected chi connectivity index (χ1v) is 7.31. The van der Waals surface area contributed by atoms with Gasteiger partial charge in [-0.25, -0.2) is 0 Å². The van der Waals surface area contributed by atoms with E-state index in [2.05, 4.69) is 62.1 Å². The average molecular weight is 251 g/mol. The number of hydrogen-bond donors (Lipinski definition) is 1. The molecule has 0 bridgehead atoms. The third-order valence-electron chi connectivity index (χ3n) is 3.95. The Hall–Kier alpha value is -0.830. The first-order chi connectivity index (χ1) is 8.60. The quantitative estimate of drug-likeness (QED) is 0.767. The van der Waals surface area contributed by atoms with E-state index in [0.717, 1.165) is 18.8 Å². The third kappa shape index (κ3) is 4.45. The zero-order valence-electron chi connectivity index (χ0n) is 12.6. The zero-order chi connectivity index (χ0) is 13.5. The standard InChI is InChI=1S/C15H29N3/c1-6-12(3)10-15(16-5)11-14-8-9-18(17-14)13(4)7-2/h8-9,12-13,15-16H,6-7,10-11H2,1-5H3. The Kier molecular flexibility index (Phi) is 6.41. The van der Waals surface area contributed by atoms with Crippen molar-refractivity contribution in [2.24, 2.45) is 5.92 Å². The first-order valence-electron chi connectivity index (χ1n) is 7.31. The Morgan fingerprint density at radius 1 is 1.28 bits per heavy atom. The number of likely N-dealkylation sites (N-methyl/N-ethyl adjacent to an activating group) is 1. The summed E-state index contributed by atoms with van der Waals surface area (Å²) >= 11 is 0. The summed E-state index contributed by atoms with van der Waals surface area (Å²) in [7, 11) is 2.05. The normalized spacial score (nSPS) is 16.5. The molecule has 0 aliphatic heterocycles. The Morgan fingerprint density at radius 2 is 2.00 bits per heavy atom. The van der Waals surface area contributed by atoms with Gasteiger partial charge in [0.1, 0.15) is 0 Å². The summed E-state index contributed by atoms with van der Waals surface area (Å²) in [6, 6.07) is 3.20. The van der Waals surface area contributed by atoms with Gasteiger partial charge in [-0.2, -0.15) is 5.10 Å². The van der Waals surface area contributed by atoms with Gasteiger partial charge in [0.2, 0.25) is 0 Å². The predicted molar refractivity (Wildman–Crippen MR) is 77.9 cm³/mol. The maximum absolute atomic E-state index is 4.68. The molecule has 0 saturated carbocycles. The van der Waals surface area contributed by atoms with Crippen molar-refractivity contribution in [2.45, 2.75) is 65.5 Å². The van der Waals surface area contributed by atoms with Crippen molar-refractivity contribution in [3.05, 3.63) is 18.0 Å². The zero-order valence-corrected chi connectivity index (χ0v) is 12.6. The van der Waals surface area contributed by atoms with Crippen LogP contribution in [0.25, 0.3) is 0 Å². The molecule has 3 heteroatoms. The second-order valence-corrected chi connectivity index (χ2v) is 5.48. The van der Waals surface area contributed by atoms with E-state index >= 15 is 0 Å². The van der Waals surface area contributed by atoms with Crippen molar-refractivity contribution >= 4 is 0 Å². The largest absolute Gasteiger partial charge is 0.317 e. The summed E-state index contributed by atoms with van der Waals surface area (Å²) in [6.45, 7) is 8.99. The van der Waals surface area contributed by atoms with E-state index in [1.165, 1.54) is 18.5 Å². The van der Waals surface area contributed by atoms with Crippen molar-refractivity contribution < 1.29 is 0 Å². The van der Waals surface area contributed by atoms with E-state index in [0.29, 0.717) is 12.1 Å². The summed E-state index contributed by atoms with van der Waals surface area (Å²) in [5.41, 5.74) is 1.21. The highest BCUT2D eigenvalue weighted by Crippen LogP contribution is 2.14. The lowest BCUT2D eigenvalue weighted by molar-refractivity contribution is 0.404. The van der Waals surface area contributed by atoms with Crippen LogP contribution in [0.15, 0.2) is 12.3 Å². The van der Waals surface area contributed by atoms with Gasteiger partial charge in [0.15, 0.2) is 0 Å². The van der Waals surface area contributed by atoms with Gasteiger partial charge in [0.25, 0.3) is 0 Å². The lowest BCUT2D eigenvalue weighted by atomic mass is 9.96. The molecule has 3 atom stereocenters. The molecule has 0 spiro atoms. The molecule has 1 aromatic rings. The molecule has 0 saturated heterocycles. The van der Waals surface area contributed by atoms with Gasteiger partial charge in [0, 0.05) is 24.7 Å². The highest BCUT2D eigenvalue weighted by molar-refractivity contribution is 5.02. The lowest BCUT2D eigenvalue weighted by Crippen LogP contribution is -2.29. The molecule has 0 aliphatic carbocycles. The summed E-state index contributed by atoms with van der Waals surface area (Å²) in [6.07, 6.45) is 6.75. The second kappa shape index (κ2) is 7.57. The fraction of sp³-hybridized carbons (Fsp3) is 0.800. The minimum absolute atomic E-state index is 0.501. The number of hydrogen-bond acceptors (Lipinski definition) is 2. The van der Waals surface area contributed by atoms with E-state index in [-0.39, 0.29) is 0 Å². The Morgan fingerprint density at radius 3 is 2.56 bits per heavy atom. The molecule has 0 aromatic carbocycles. The molecule has 3 nitrogen and oxygen atoms in total. The predicted octanol–water partition coefficient (Wildman–Crippen LogP) is 3.42. The molecule has 1 rings (SSSR count). The monoisotopic (exact) mass is 251 g/mol. The van der Waals surface area contributed by atoms with Crippen LogP contribution in [-0.2, 0) is 6.42 Å². The van der Waals surface area contributed by atoms with Crippen LogP contribution < -0.4 is 5.32 Å². The fourth-order valence-electron chi connectivity index (χ4n) is 2.13. The highest BCUT2D eigenvalue weighted by atomic mass is 15.3. The van der Waals surface area contributed by atoms with Gasteiger partial charge in [-0.3, -0.25) is 4.68 Å². The maximum atomic E-state index is 4.68. The van der Waals surface area contributed by atoms with Gasteiger partial charge < -0.3 is 5.32 Å². The molecule has 0 radical (unpaired) electrons. The Balaban J connectivity index is 2.56. The summed E-state index contributed by atoms with van der Waals surface area (Å²) in [5, 5.41) is 8.10. The summed E-state index contributed by atoms with van der Waals surface area (Å²) in [5.74, 6) is 0.777. The van der Waals surface area contributed by atoms with Crippen LogP contribution in [0.5, 0.6) is 0 Å². The minimum Gasteiger partial charge on any atom is -0.317 e. The van der Waals surface area contributed by atoms with Gasteiger partial charge in [-0.05, 0) is 38.8 Å². The minimum atomic E-state index is 0.501. The van der Waals surface area contributed by atoms with E-state index in [4.69, 9.17) is 0 Å². The van der Waals surface area contributed by atoms with Gasteiger partial charge >= 0.3 is 0 Å². The number of nitrogens with zero attached hydrogens (tertiary/aromatic N) is 2. The van der Waals surface area contributed by atoms with Crippen LogP contribution in [-0.4, -0.2) is 22.9 Å². The number of nitrogens with one attached hydrogen (secondary N) is 1. The molecular formula is C15H29N3. The molecule has 0 fully saturated rings. The van der Waals surface area contributed by atoms with Gasteiger partial charge in [0.05, 0.1) is 5.69 Å². The molecule has 1 N–H and O–H groups in total. The summed E-state index contributed by atoms with van der Waals surface area (Å²) < 4.78 is 2.09. The highest BCUT2D eigenvalue weighted by Gasteiger charge is 2.13. The number of aromatic nitrogens is 2. The molecule has 1 heterocycles. The lowest BCUT2D eigenvalue weighted by Gasteiger charge is -2.18. The second-order valence-electron chi connectivity index (χ2n) is 5.48. The van der Waals surface area contributed by atoms with Crippen LogP contribution in [0, 0.1) is 5.92 Å². The van der Waals surface area contributed by atoms with Crippen molar-refractivity contribution in [3.8, 4) is 0 Å². The third-order valence-corrected chi connectivity index (χ3v) is 3.95. The molecule has 0 aliphatic rings. The van der Waals surface area contributed by atoms with Crippen molar-refractivity contribution in [2.75, 3.05) is 7.05 Å². The van der Waals surface area contributed by atoms with Crippen molar-refractivity contribution in [1.82, 2.24) is 15.1 Å². The van der Waals surface area contributed by atoms with E-state index in [1.807, 2.05) is 0 Å². The Bertz CT molecular complexity index is 332. The van der Waals surface area contributed by atoms with E-state index in [1.54, 1.807) is 0 Å². The van der Waals surface area contributed by atoms with E-state index in [9.17, 15) is 0 Å². The summed E-state index contributed by atoms with van der Waals surface area (Å²) in [4.78, 5) is 0. The van der Waals surface area contributed by atoms with Crippen LogP contribution in [0.2, 0.25) is 0 Å². The van der Waals surface area contributed by atoms with Crippen LogP contribution >= 0.6 is 0 Å². The molecule has 3 unspecified atom stereocenters. The molecule has 0 amide bonds. The fourth-order valence-corrected chi connectivity index (χ4v) is 2.13.